The number of hydrogen-bond acceptors (Lipinski definition) is 5. The molecule has 156 valence electrons. The van der Waals surface area contributed by atoms with Gasteiger partial charge in [0.2, 0.25) is 0 Å². The van der Waals surface area contributed by atoms with E-state index < -0.39 is 11.9 Å². The van der Waals surface area contributed by atoms with E-state index in [9.17, 15) is 14.7 Å². The molecule has 31 heavy (non-hydrogen) atoms. The minimum atomic E-state index is -1.000. The average Bonchev–Trinajstić information content (AvgIpc) is 3.35. The zero-order valence-corrected chi connectivity index (χ0v) is 19.2. The summed E-state index contributed by atoms with van der Waals surface area (Å²) in [6, 6.07) is 13.7. The van der Waals surface area contributed by atoms with E-state index in [-0.39, 0.29) is 11.3 Å². The lowest BCUT2D eigenvalue weighted by molar-refractivity contribution is 0.0696. The van der Waals surface area contributed by atoms with Crippen molar-refractivity contribution >= 4 is 60.9 Å². The molecule has 0 saturated carbocycles. The fraction of sp³-hybridized carbons (Fsp3) is 0.0455. The first kappa shape index (κ1) is 21.1. The topological polar surface area (TPSA) is 105 Å². The molecule has 0 fully saturated rings. The lowest BCUT2D eigenvalue weighted by atomic mass is 10.0. The van der Waals surface area contributed by atoms with E-state index in [2.05, 4.69) is 42.4 Å². The van der Waals surface area contributed by atoms with Crippen molar-refractivity contribution < 1.29 is 23.5 Å². The van der Waals surface area contributed by atoms with Gasteiger partial charge in [-0.05, 0) is 64.8 Å². The molecule has 0 unspecified atom stereocenters. The summed E-state index contributed by atoms with van der Waals surface area (Å²) in [7, 11) is 0. The number of aromatic carboxylic acids is 1. The fourth-order valence-electron chi connectivity index (χ4n) is 3.10. The van der Waals surface area contributed by atoms with Gasteiger partial charge in [-0.15, -0.1) is 0 Å². The van der Waals surface area contributed by atoms with Gasteiger partial charge in [-0.1, -0.05) is 28.1 Å². The van der Waals surface area contributed by atoms with Gasteiger partial charge in [0.1, 0.15) is 17.1 Å². The summed E-state index contributed by atoms with van der Waals surface area (Å²) in [5.74, 6) is -0.493. The highest BCUT2D eigenvalue weighted by Gasteiger charge is 2.15. The molecule has 0 bridgehead atoms. The lowest BCUT2D eigenvalue weighted by Gasteiger charge is -2.05. The van der Waals surface area contributed by atoms with Gasteiger partial charge >= 0.3 is 11.9 Å². The number of carbonyl (C=O) groups excluding carboxylic acids is 1. The Bertz CT molecular complexity index is 1350. The molecular weight excluding hydrogens is 532 g/mol. The van der Waals surface area contributed by atoms with Gasteiger partial charge in [-0.25, -0.2) is 10.2 Å². The second-order valence-corrected chi connectivity index (χ2v) is 8.37. The summed E-state index contributed by atoms with van der Waals surface area (Å²) in [4.78, 5) is 23.7. The summed E-state index contributed by atoms with van der Waals surface area (Å²) in [5, 5.41) is 14.0. The Labute approximate surface area is 193 Å². The highest BCUT2D eigenvalue weighted by molar-refractivity contribution is 9.11. The molecule has 0 saturated heterocycles. The van der Waals surface area contributed by atoms with Crippen LogP contribution in [0.4, 0.5) is 0 Å². The van der Waals surface area contributed by atoms with Crippen LogP contribution in [0, 0.1) is 6.92 Å². The van der Waals surface area contributed by atoms with Gasteiger partial charge in [0.25, 0.3) is 0 Å². The second kappa shape index (κ2) is 8.52. The van der Waals surface area contributed by atoms with Crippen LogP contribution in [0.1, 0.15) is 32.2 Å². The predicted molar refractivity (Wildman–Crippen MR) is 123 cm³/mol. The number of nitrogens with zero attached hydrogens (tertiary/aromatic N) is 1. The Kier molecular flexibility index (Phi) is 5.79. The summed E-state index contributed by atoms with van der Waals surface area (Å²) in [6.45, 7) is 1.72. The number of carbonyl (C=O) groups is 2. The molecule has 0 aliphatic carbocycles. The van der Waals surface area contributed by atoms with E-state index in [1.165, 1.54) is 12.3 Å². The number of hydrogen-bond donors (Lipinski definition) is 2. The minimum absolute atomic E-state index is 0.118. The number of rotatable bonds is 5. The van der Waals surface area contributed by atoms with Gasteiger partial charge < -0.3 is 13.9 Å². The van der Waals surface area contributed by atoms with E-state index in [1.54, 1.807) is 37.3 Å². The number of furan rings is 2. The quantitative estimate of drug-likeness (QED) is 0.237. The molecule has 0 radical (unpaired) electrons. The number of hydrazone groups is 1. The Morgan fingerprint density at radius 1 is 1.10 bits per heavy atom. The van der Waals surface area contributed by atoms with Gasteiger partial charge in [0, 0.05) is 15.4 Å². The summed E-state index contributed by atoms with van der Waals surface area (Å²) in [5.41, 5.74) is 4.44. The molecule has 2 aromatic heterocycles. The summed E-state index contributed by atoms with van der Waals surface area (Å²) in [6.07, 6.45) is 1.35. The molecule has 2 N–H and O–H groups in total. The maximum absolute atomic E-state index is 12.3. The first-order valence-electron chi connectivity index (χ1n) is 8.98. The Morgan fingerprint density at radius 2 is 1.90 bits per heavy atom. The van der Waals surface area contributed by atoms with Crippen molar-refractivity contribution in [2.24, 2.45) is 5.10 Å². The van der Waals surface area contributed by atoms with E-state index in [4.69, 9.17) is 8.83 Å². The van der Waals surface area contributed by atoms with Crippen molar-refractivity contribution in [3.05, 3.63) is 80.1 Å². The van der Waals surface area contributed by atoms with Gasteiger partial charge in [-0.3, -0.25) is 4.79 Å². The van der Waals surface area contributed by atoms with E-state index in [0.29, 0.717) is 28.2 Å². The summed E-state index contributed by atoms with van der Waals surface area (Å²) >= 11 is 6.80. The molecule has 2 heterocycles. The van der Waals surface area contributed by atoms with Crippen LogP contribution in [0.25, 0.3) is 22.3 Å². The highest BCUT2D eigenvalue weighted by Crippen LogP contribution is 2.31. The molecule has 4 aromatic rings. The zero-order valence-electron chi connectivity index (χ0n) is 16.0. The molecular formula is C22H14Br2N2O5. The SMILES string of the molecule is Cc1c(C(=O)O)cccc1-c1ccc(/C=N\NC(=O)c2cc3cc(Br)cc(Br)c3o2)o1. The third kappa shape index (κ3) is 4.33. The van der Waals surface area contributed by atoms with Crippen LogP contribution in [0.15, 0.2) is 71.4 Å². The number of benzene rings is 2. The second-order valence-electron chi connectivity index (χ2n) is 6.60. The summed E-state index contributed by atoms with van der Waals surface area (Å²) < 4.78 is 12.9. The van der Waals surface area contributed by atoms with E-state index >= 15 is 0 Å². The Hall–Kier alpha value is -3.17. The molecule has 0 aliphatic heterocycles. The molecule has 0 atom stereocenters. The number of carboxylic acids is 1. The van der Waals surface area contributed by atoms with Crippen LogP contribution in [-0.2, 0) is 0 Å². The fourth-order valence-corrected chi connectivity index (χ4v) is 4.44. The van der Waals surface area contributed by atoms with Crippen molar-refractivity contribution in [1.29, 1.82) is 0 Å². The molecule has 0 aliphatic rings. The standard InChI is InChI=1S/C22H14Br2N2O5/c1-11-15(3-2-4-16(11)22(28)29)18-6-5-14(30-18)10-25-26-21(27)19-8-12-7-13(23)9-17(24)20(12)31-19/h2-10H,1H3,(H,26,27)(H,28,29)/b25-10-. The normalized spacial score (nSPS) is 11.3. The molecule has 7 nitrogen and oxygen atoms in total. The number of carboxylic acid groups (broad SMARTS) is 1. The highest BCUT2D eigenvalue weighted by atomic mass is 79.9. The lowest BCUT2D eigenvalue weighted by Crippen LogP contribution is -2.16. The number of halogens is 2. The molecule has 9 heteroatoms. The van der Waals surface area contributed by atoms with E-state index in [1.807, 2.05) is 12.1 Å². The third-order valence-corrected chi connectivity index (χ3v) is 5.62. The van der Waals surface area contributed by atoms with Crippen molar-refractivity contribution in [3.63, 3.8) is 0 Å². The van der Waals surface area contributed by atoms with Gasteiger partial charge in [-0.2, -0.15) is 5.10 Å². The van der Waals surface area contributed by atoms with Crippen LogP contribution in [0.2, 0.25) is 0 Å². The smallest absolute Gasteiger partial charge is 0.335 e. The number of nitrogens with one attached hydrogen (secondary N) is 1. The van der Waals surface area contributed by atoms with Crippen LogP contribution >= 0.6 is 31.9 Å². The van der Waals surface area contributed by atoms with Crippen LogP contribution in [0.3, 0.4) is 0 Å². The van der Waals surface area contributed by atoms with E-state index in [0.717, 1.165) is 14.3 Å². The first-order chi connectivity index (χ1) is 14.8. The largest absolute Gasteiger partial charge is 0.478 e. The Morgan fingerprint density at radius 3 is 2.68 bits per heavy atom. The zero-order chi connectivity index (χ0) is 22.1. The molecule has 4 rings (SSSR count). The van der Waals surface area contributed by atoms with Gasteiger partial charge in [0.15, 0.2) is 5.76 Å². The number of fused-ring (bicyclic) bond motifs is 1. The predicted octanol–water partition coefficient (Wildman–Crippen LogP) is 5.99. The van der Waals surface area contributed by atoms with Gasteiger partial charge in [0.05, 0.1) is 16.3 Å². The molecule has 1 amide bonds. The number of amides is 1. The third-order valence-electron chi connectivity index (χ3n) is 4.57. The van der Waals surface area contributed by atoms with Crippen molar-refractivity contribution in [2.45, 2.75) is 6.92 Å². The van der Waals surface area contributed by atoms with Crippen molar-refractivity contribution in [3.8, 4) is 11.3 Å². The maximum Gasteiger partial charge on any atom is 0.335 e. The minimum Gasteiger partial charge on any atom is -0.478 e. The average molecular weight is 546 g/mol. The maximum atomic E-state index is 12.3. The first-order valence-corrected chi connectivity index (χ1v) is 10.6. The van der Waals surface area contributed by atoms with Crippen LogP contribution in [-0.4, -0.2) is 23.2 Å². The molecule has 0 spiro atoms. The monoisotopic (exact) mass is 544 g/mol. The van der Waals surface area contributed by atoms with Crippen molar-refractivity contribution in [1.82, 2.24) is 5.43 Å². The van der Waals surface area contributed by atoms with Crippen molar-refractivity contribution in [2.75, 3.05) is 0 Å². The van der Waals surface area contributed by atoms with Crippen LogP contribution < -0.4 is 5.43 Å². The Balaban J connectivity index is 1.49. The molecule has 2 aromatic carbocycles. The van der Waals surface area contributed by atoms with Crippen LogP contribution in [0.5, 0.6) is 0 Å².